The number of alkyl carbamates (subject to hydrolysis) is 1. The summed E-state index contributed by atoms with van der Waals surface area (Å²) in [5, 5.41) is 16.2. The lowest BCUT2D eigenvalue weighted by molar-refractivity contribution is -0.141. The number of para-hydroxylation sites is 1. The lowest BCUT2D eigenvalue weighted by Gasteiger charge is -2.35. The minimum atomic E-state index is -1.11. The van der Waals surface area contributed by atoms with Gasteiger partial charge in [0.15, 0.2) is 0 Å². The summed E-state index contributed by atoms with van der Waals surface area (Å²) >= 11 is 4.24. The van der Waals surface area contributed by atoms with Gasteiger partial charge in [-0.2, -0.15) is 12.6 Å². The van der Waals surface area contributed by atoms with Crippen molar-refractivity contribution in [1.29, 1.82) is 0 Å². The maximum absolute atomic E-state index is 13.6. The van der Waals surface area contributed by atoms with Crippen molar-refractivity contribution < 1.29 is 24.2 Å². The third-order valence-electron chi connectivity index (χ3n) is 5.52. The van der Waals surface area contributed by atoms with Gasteiger partial charge in [-0.3, -0.25) is 9.59 Å². The fourth-order valence-corrected chi connectivity index (χ4v) is 4.24. The Hall–Kier alpha value is -2.68. The topological polar surface area (TPSA) is 108 Å². The molecule has 0 spiro atoms. The molecule has 188 valence electrons. The van der Waals surface area contributed by atoms with Crippen molar-refractivity contribution in [1.82, 2.24) is 15.5 Å². The molecule has 34 heavy (non-hydrogen) atoms. The molecule has 0 bridgehead atoms. The monoisotopic (exact) mass is 491 g/mol. The van der Waals surface area contributed by atoms with Gasteiger partial charge in [-0.1, -0.05) is 43.5 Å². The lowest BCUT2D eigenvalue weighted by atomic mass is 9.94. The summed E-state index contributed by atoms with van der Waals surface area (Å²) in [6, 6.07) is 4.28. The number of rotatable bonds is 9. The summed E-state index contributed by atoms with van der Waals surface area (Å²) in [5.41, 5.74) is -0.450. The van der Waals surface area contributed by atoms with Crippen molar-refractivity contribution in [3.8, 4) is 5.75 Å². The van der Waals surface area contributed by atoms with Gasteiger partial charge in [0, 0.05) is 23.9 Å². The molecule has 3 N–H and O–H groups in total. The predicted molar refractivity (Wildman–Crippen MR) is 135 cm³/mol. The van der Waals surface area contributed by atoms with Gasteiger partial charge in [-0.15, -0.1) is 6.58 Å². The van der Waals surface area contributed by atoms with Gasteiger partial charge in [-0.25, -0.2) is 4.79 Å². The first-order chi connectivity index (χ1) is 16.1. The molecule has 1 aromatic carbocycles. The molecule has 0 radical (unpaired) electrons. The SMILES string of the molecule is C=CCN(C(=O)C(CS)NC(=O)OC(C)(C)C)C(C(=O)NC1CCCCC1)c1ccccc1O. The number of aromatic hydroxyl groups is 1. The van der Waals surface area contributed by atoms with Crippen LogP contribution >= 0.6 is 12.6 Å². The molecule has 0 saturated heterocycles. The van der Waals surface area contributed by atoms with E-state index in [1.807, 2.05) is 0 Å². The minimum Gasteiger partial charge on any atom is -0.508 e. The summed E-state index contributed by atoms with van der Waals surface area (Å²) in [6.45, 7) is 8.92. The summed E-state index contributed by atoms with van der Waals surface area (Å²) in [5.74, 6) is -1.04. The van der Waals surface area contributed by atoms with E-state index in [-0.39, 0.29) is 24.1 Å². The standard InChI is InChI=1S/C25H37N3O5S/c1-5-15-28(23(31)19(16-34)27-24(32)33-25(2,3)4)21(18-13-9-10-14-20(18)29)22(30)26-17-11-7-6-8-12-17/h5,9-10,13-14,17,19,21,29,34H,1,6-8,11-12,15-16H2,2-4H3,(H,26,30)(H,27,32). The number of ether oxygens (including phenoxy) is 1. The zero-order chi connectivity index (χ0) is 25.3. The summed E-state index contributed by atoms with van der Waals surface area (Å²) in [6.07, 6.45) is 5.68. The van der Waals surface area contributed by atoms with E-state index >= 15 is 0 Å². The first-order valence-electron chi connectivity index (χ1n) is 11.7. The van der Waals surface area contributed by atoms with Gasteiger partial charge in [0.1, 0.15) is 23.4 Å². The number of nitrogens with zero attached hydrogens (tertiary/aromatic N) is 1. The van der Waals surface area contributed by atoms with E-state index in [1.54, 1.807) is 39.0 Å². The largest absolute Gasteiger partial charge is 0.508 e. The minimum absolute atomic E-state index is 0.0100. The predicted octanol–water partition coefficient (Wildman–Crippen LogP) is 3.72. The zero-order valence-electron chi connectivity index (χ0n) is 20.3. The van der Waals surface area contributed by atoms with E-state index < -0.39 is 35.6 Å². The van der Waals surface area contributed by atoms with Crippen LogP contribution in [0.3, 0.4) is 0 Å². The fourth-order valence-electron chi connectivity index (χ4n) is 3.99. The van der Waals surface area contributed by atoms with Crippen LogP contribution in [0, 0.1) is 0 Å². The van der Waals surface area contributed by atoms with E-state index in [1.165, 1.54) is 17.0 Å². The third-order valence-corrected chi connectivity index (χ3v) is 5.89. The van der Waals surface area contributed by atoms with Crippen LogP contribution in [0.2, 0.25) is 0 Å². The molecule has 2 rings (SSSR count). The maximum atomic E-state index is 13.6. The van der Waals surface area contributed by atoms with E-state index in [9.17, 15) is 19.5 Å². The molecule has 1 aromatic rings. The van der Waals surface area contributed by atoms with Gasteiger partial charge >= 0.3 is 6.09 Å². The smallest absolute Gasteiger partial charge is 0.408 e. The Morgan fingerprint density at radius 2 is 1.88 bits per heavy atom. The number of phenolic OH excluding ortho intramolecular Hbond substituents is 1. The summed E-state index contributed by atoms with van der Waals surface area (Å²) in [7, 11) is 0. The number of hydrogen-bond donors (Lipinski definition) is 4. The molecule has 8 nitrogen and oxygen atoms in total. The van der Waals surface area contributed by atoms with Gasteiger partial charge in [0.2, 0.25) is 11.8 Å². The molecular formula is C25H37N3O5S. The molecule has 0 aromatic heterocycles. The van der Waals surface area contributed by atoms with Crippen LogP contribution in [0.25, 0.3) is 0 Å². The highest BCUT2D eigenvalue weighted by Crippen LogP contribution is 2.30. The zero-order valence-corrected chi connectivity index (χ0v) is 21.1. The lowest BCUT2D eigenvalue weighted by Crippen LogP contribution is -2.54. The van der Waals surface area contributed by atoms with Crippen LogP contribution in [-0.2, 0) is 14.3 Å². The first kappa shape index (κ1) is 27.6. The number of hydrogen-bond acceptors (Lipinski definition) is 6. The van der Waals surface area contributed by atoms with Crippen molar-refractivity contribution in [3.63, 3.8) is 0 Å². The molecular weight excluding hydrogens is 454 g/mol. The van der Waals surface area contributed by atoms with Crippen LogP contribution in [0.4, 0.5) is 4.79 Å². The molecule has 3 amide bonds. The molecule has 2 atom stereocenters. The average Bonchev–Trinajstić information content (AvgIpc) is 2.77. The van der Waals surface area contributed by atoms with Gasteiger partial charge in [-0.05, 0) is 39.7 Å². The highest BCUT2D eigenvalue weighted by Gasteiger charge is 2.37. The van der Waals surface area contributed by atoms with Crippen molar-refractivity contribution >= 4 is 30.5 Å². The number of amides is 3. The second-order valence-electron chi connectivity index (χ2n) is 9.47. The molecule has 2 unspecified atom stereocenters. The number of carbonyl (C=O) groups is 3. The molecule has 0 heterocycles. The van der Waals surface area contributed by atoms with Gasteiger partial charge in [0.25, 0.3) is 0 Å². The van der Waals surface area contributed by atoms with Crippen molar-refractivity contribution in [2.45, 2.75) is 76.6 Å². The van der Waals surface area contributed by atoms with E-state index in [0.717, 1.165) is 32.1 Å². The van der Waals surface area contributed by atoms with Crippen LogP contribution in [0.5, 0.6) is 5.75 Å². The number of thiol groups is 1. The Kier molecular flexibility index (Phi) is 10.3. The number of benzene rings is 1. The molecule has 1 fully saturated rings. The highest BCUT2D eigenvalue weighted by molar-refractivity contribution is 7.80. The number of carbonyl (C=O) groups excluding carboxylic acids is 3. The normalized spacial score (nSPS) is 16.1. The Bertz CT molecular complexity index is 864. The Labute approximate surface area is 207 Å². The Morgan fingerprint density at radius 1 is 1.24 bits per heavy atom. The molecule has 1 saturated carbocycles. The number of nitrogens with one attached hydrogen (secondary N) is 2. The quantitative estimate of drug-likeness (QED) is 0.311. The molecule has 9 heteroatoms. The average molecular weight is 492 g/mol. The summed E-state index contributed by atoms with van der Waals surface area (Å²) < 4.78 is 5.28. The van der Waals surface area contributed by atoms with Crippen LogP contribution < -0.4 is 10.6 Å². The van der Waals surface area contributed by atoms with Crippen molar-refractivity contribution in [2.75, 3.05) is 12.3 Å². The fraction of sp³-hybridized carbons (Fsp3) is 0.560. The van der Waals surface area contributed by atoms with Gasteiger partial charge < -0.3 is 25.4 Å². The van der Waals surface area contributed by atoms with Crippen molar-refractivity contribution in [2.24, 2.45) is 0 Å². The van der Waals surface area contributed by atoms with E-state index in [4.69, 9.17) is 4.74 Å². The maximum Gasteiger partial charge on any atom is 0.408 e. The Morgan fingerprint density at radius 3 is 2.44 bits per heavy atom. The van der Waals surface area contributed by atoms with Crippen molar-refractivity contribution in [3.05, 3.63) is 42.5 Å². The summed E-state index contributed by atoms with van der Waals surface area (Å²) in [4.78, 5) is 40.7. The third kappa shape index (κ3) is 7.97. The van der Waals surface area contributed by atoms with Crippen LogP contribution in [0.15, 0.2) is 36.9 Å². The van der Waals surface area contributed by atoms with Crippen LogP contribution in [-0.4, -0.2) is 57.9 Å². The molecule has 1 aliphatic carbocycles. The second kappa shape index (κ2) is 12.7. The molecule has 0 aliphatic heterocycles. The van der Waals surface area contributed by atoms with E-state index in [0.29, 0.717) is 5.56 Å². The van der Waals surface area contributed by atoms with Crippen LogP contribution in [0.1, 0.15) is 64.5 Å². The molecule has 1 aliphatic rings. The highest BCUT2D eigenvalue weighted by atomic mass is 32.1. The second-order valence-corrected chi connectivity index (χ2v) is 9.83. The Balaban J connectivity index is 2.37. The van der Waals surface area contributed by atoms with E-state index in [2.05, 4.69) is 29.8 Å². The number of phenols is 1. The van der Waals surface area contributed by atoms with Gasteiger partial charge in [0.05, 0.1) is 0 Å². The first-order valence-corrected chi connectivity index (χ1v) is 12.3.